The lowest BCUT2D eigenvalue weighted by atomic mass is 10.1. The maximum atomic E-state index is 12.6. The standard InChI is InChI=1S/C22H25N5O3/c1-29-10-3-11-30-18-5-6-19(27-15-18)21(28)13-16-7-9-24-17(12-16)14-26-20-4-2-8-25-22(20)23/h2,4-9,12,15,26H,3,10-11,13-14H2,1H3,(H2,23,25). The molecule has 0 aliphatic heterocycles. The van der Waals surface area contributed by atoms with E-state index in [1.807, 2.05) is 24.3 Å². The first kappa shape index (κ1) is 21.2. The van der Waals surface area contributed by atoms with Crippen molar-refractivity contribution in [1.82, 2.24) is 15.0 Å². The fourth-order valence-electron chi connectivity index (χ4n) is 2.79. The lowest BCUT2D eigenvalue weighted by Gasteiger charge is -2.09. The van der Waals surface area contributed by atoms with Gasteiger partial charge in [0.1, 0.15) is 17.3 Å². The number of ether oxygens (including phenoxy) is 2. The van der Waals surface area contributed by atoms with Gasteiger partial charge >= 0.3 is 0 Å². The lowest BCUT2D eigenvalue weighted by molar-refractivity contribution is 0.0988. The van der Waals surface area contributed by atoms with Crippen molar-refractivity contribution in [3.05, 3.63) is 71.9 Å². The van der Waals surface area contributed by atoms with Crippen LogP contribution in [0, 0.1) is 0 Å². The van der Waals surface area contributed by atoms with Crippen molar-refractivity contribution >= 4 is 17.3 Å². The number of carbonyl (C=O) groups excluding carboxylic acids is 1. The summed E-state index contributed by atoms with van der Waals surface area (Å²) in [6, 6.07) is 10.8. The van der Waals surface area contributed by atoms with E-state index < -0.39 is 0 Å². The van der Waals surface area contributed by atoms with Gasteiger partial charge in [-0.1, -0.05) is 0 Å². The Balaban J connectivity index is 1.55. The summed E-state index contributed by atoms with van der Waals surface area (Å²) in [5.74, 6) is 0.998. The zero-order valence-corrected chi connectivity index (χ0v) is 16.9. The molecule has 0 saturated carbocycles. The first-order valence-electron chi connectivity index (χ1n) is 9.65. The summed E-state index contributed by atoms with van der Waals surface area (Å²) in [4.78, 5) is 25.2. The first-order chi connectivity index (χ1) is 14.7. The number of nitrogens with zero attached hydrogens (tertiary/aromatic N) is 3. The molecule has 0 saturated heterocycles. The third kappa shape index (κ3) is 6.25. The molecule has 0 aliphatic rings. The van der Waals surface area contributed by atoms with Crippen LogP contribution in [-0.2, 0) is 17.7 Å². The highest BCUT2D eigenvalue weighted by atomic mass is 16.5. The summed E-state index contributed by atoms with van der Waals surface area (Å²) in [6.07, 6.45) is 5.94. The molecule has 0 fully saturated rings. The quantitative estimate of drug-likeness (QED) is 0.369. The fraction of sp³-hybridized carbons (Fsp3) is 0.273. The highest BCUT2D eigenvalue weighted by Crippen LogP contribution is 2.16. The summed E-state index contributed by atoms with van der Waals surface area (Å²) >= 11 is 0. The largest absolute Gasteiger partial charge is 0.492 e. The van der Waals surface area contributed by atoms with Crippen molar-refractivity contribution in [3.8, 4) is 5.75 Å². The number of pyridine rings is 3. The van der Waals surface area contributed by atoms with Crippen LogP contribution in [0.5, 0.6) is 5.75 Å². The molecule has 0 aromatic carbocycles. The number of Topliss-reactive ketones (excluding diaryl/α,β-unsaturated/α-hetero) is 1. The number of rotatable bonds is 11. The Kier molecular flexibility index (Phi) is 7.68. The topological polar surface area (TPSA) is 112 Å². The number of ketones is 1. The zero-order valence-electron chi connectivity index (χ0n) is 16.9. The van der Waals surface area contributed by atoms with Gasteiger partial charge in [0.2, 0.25) is 0 Å². The minimum Gasteiger partial charge on any atom is -0.492 e. The second kappa shape index (κ2) is 10.9. The summed E-state index contributed by atoms with van der Waals surface area (Å²) in [6.45, 7) is 1.66. The van der Waals surface area contributed by atoms with Gasteiger partial charge < -0.3 is 20.5 Å². The van der Waals surface area contributed by atoms with Gasteiger partial charge in [-0.05, 0) is 42.0 Å². The maximum Gasteiger partial charge on any atom is 0.185 e. The van der Waals surface area contributed by atoms with Crippen molar-refractivity contribution in [3.63, 3.8) is 0 Å². The molecule has 0 unspecified atom stereocenters. The molecule has 0 spiro atoms. The van der Waals surface area contributed by atoms with Crippen LogP contribution in [0.15, 0.2) is 55.0 Å². The van der Waals surface area contributed by atoms with Gasteiger partial charge in [0.05, 0.1) is 30.7 Å². The van der Waals surface area contributed by atoms with E-state index in [4.69, 9.17) is 15.2 Å². The summed E-state index contributed by atoms with van der Waals surface area (Å²) < 4.78 is 10.5. The molecule has 156 valence electrons. The molecule has 0 atom stereocenters. The summed E-state index contributed by atoms with van der Waals surface area (Å²) in [7, 11) is 1.65. The van der Waals surface area contributed by atoms with Crippen molar-refractivity contribution in [2.24, 2.45) is 0 Å². The second-order valence-electron chi connectivity index (χ2n) is 6.62. The van der Waals surface area contributed by atoms with Gasteiger partial charge in [0.25, 0.3) is 0 Å². The normalized spacial score (nSPS) is 10.6. The Labute approximate surface area is 175 Å². The van der Waals surface area contributed by atoms with Crippen LogP contribution >= 0.6 is 0 Å². The Morgan fingerprint density at radius 1 is 1.10 bits per heavy atom. The molecule has 3 rings (SSSR count). The molecule has 8 nitrogen and oxygen atoms in total. The summed E-state index contributed by atoms with van der Waals surface area (Å²) in [5.41, 5.74) is 8.65. The molecular weight excluding hydrogens is 382 g/mol. The van der Waals surface area contributed by atoms with E-state index in [1.165, 1.54) is 0 Å². The number of hydrogen-bond donors (Lipinski definition) is 2. The molecule has 0 radical (unpaired) electrons. The van der Waals surface area contributed by atoms with Crippen molar-refractivity contribution in [2.45, 2.75) is 19.4 Å². The number of carbonyl (C=O) groups is 1. The van der Waals surface area contributed by atoms with Gasteiger partial charge in [0, 0.05) is 39.0 Å². The SMILES string of the molecule is COCCCOc1ccc(C(=O)Cc2ccnc(CNc3cccnc3N)c2)nc1. The zero-order chi connectivity index (χ0) is 21.2. The smallest absolute Gasteiger partial charge is 0.185 e. The van der Waals surface area contributed by atoms with Crippen LogP contribution in [-0.4, -0.2) is 41.1 Å². The molecule has 0 amide bonds. The van der Waals surface area contributed by atoms with Crippen molar-refractivity contribution in [1.29, 1.82) is 0 Å². The first-order valence-corrected chi connectivity index (χ1v) is 9.65. The number of nitrogen functional groups attached to an aromatic ring is 1. The highest BCUT2D eigenvalue weighted by molar-refractivity contribution is 5.95. The Morgan fingerprint density at radius 2 is 2.00 bits per heavy atom. The van der Waals surface area contributed by atoms with Gasteiger partial charge in [-0.25, -0.2) is 9.97 Å². The van der Waals surface area contributed by atoms with Crippen LogP contribution in [0.3, 0.4) is 0 Å². The van der Waals surface area contributed by atoms with Crippen LogP contribution in [0.1, 0.15) is 28.2 Å². The molecule has 30 heavy (non-hydrogen) atoms. The van der Waals surface area contributed by atoms with E-state index in [-0.39, 0.29) is 12.2 Å². The summed E-state index contributed by atoms with van der Waals surface area (Å²) in [5, 5.41) is 3.20. The van der Waals surface area contributed by atoms with E-state index in [1.54, 1.807) is 37.8 Å². The number of hydrogen-bond acceptors (Lipinski definition) is 8. The molecule has 0 bridgehead atoms. The molecule has 3 heterocycles. The Hall–Kier alpha value is -3.52. The molecule has 3 aromatic heterocycles. The van der Waals surface area contributed by atoms with Crippen LogP contribution in [0.25, 0.3) is 0 Å². The van der Waals surface area contributed by atoms with Crippen LogP contribution < -0.4 is 15.8 Å². The third-order valence-corrected chi connectivity index (χ3v) is 4.33. The molecule has 3 N–H and O–H groups in total. The molecule has 0 aliphatic carbocycles. The predicted molar refractivity (Wildman–Crippen MR) is 114 cm³/mol. The van der Waals surface area contributed by atoms with Crippen molar-refractivity contribution < 1.29 is 14.3 Å². The van der Waals surface area contributed by atoms with E-state index in [0.717, 1.165) is 23.4 Å². The predicted octanol–water partition coefficient (Wildman–Crippen LogP) is 2.91. The minimum atomic E-state index is -0.0671. The number of anilines is 2. The Morgan fingerprint density at radius 3 is 2.77 bits per heavy atom. The van der Waals surface area contributed by atoms with Gasteiger partial charge in [-0.3, -0.25) is 9.78 Å². The third-order valence-electron chi connectivity index (χ3n) is 4.33. The van der Waals surface area contributed by atoms with E-state index in [0.29, 0.717) is 37.0 Å². The van der Waals surface area contributed by atoms with E-state index >= 15 is 0 Å². The number of aromatic nitrogens is 3. The Bertz CT molecular complexity index is 963. The second-order valence-corrected chi connectivity index (χ2v) is 6.62. The molecule has 3 aromatic rings. The number of nitrogens with one attached hydrogen (secondary N) is 1. The number of nitrogens with two attached hydrogens (primary N) is 1. The minimum absolute atomic E-state index is 0.0671. The van der Waals surface area contributed by atoms with Gasteiger partial charge in [-0.2, -0.15) is 0 Å². The highest BCUT2D eigenvalue weighted by Gasteiger charge is 2.10. The maximum absolute atomic E-state index is 12.6. The lowest BCUT2D eigenvalue weighted by Crippen LogP contribution is -2.09. The average Bonchev–Trinajstić information content (AvgIpc) is 2.77. The molecular formula is C22H25N5O3. The van der Waals surface area contributed by atoms with Gasteiger partial charge in [0.15, 0.2) is 5.78 Å². The molecule has 8 heteroatoms. The van der Waals surface area contributed by atoms with E-state index in [2.05, 4.69) is 20.3 Å². The van der Waals surface area contributed by atoms with Crippen LogP contribution in [0.4, 0.5) is 11.5 Å². The van der Waals surface area contributed by atoms with Crippen molar-refractivity contribution in [2.75, 3.05) is 31.4 Å². The van der Waals surface area contributed by atoms with Gasteiger partial charge in [-0.15, -0.1) is 0 Å². The fourth-order valence-corrected chi connectivity index (χ4v) is 2.79. The van der Waals surface area contributed by atoms with E-state index in [9.17, 15) is 4.79 Å². The van der Waals surface area contributed by atoms with Crippen LogP contribution in [0.2, 0.25) is 0 Å². The average molecular weight is 407 g/mol. The monoisotopic (exact) mass is 407 g/mol. The number of methoxy groups -OCH3 is 1.